The van der Waals surface area contributed by atoms with Crippen LogP contribution in [0.4, 0.5) is 0 Å². The molecule has 0 spiro atoms. The Labute approximate surface area is 116 Å². The van der Waals surface area contributed by atoms with Crippen LogP contribution in [0.2, 0.25) is 5.02 Å². The minimum atomic E-state index is 0.801. The summed E-state index contributed by atoms with van der Waals surface area (Å²) < 4.78 is 1.28. The molecule has 0 amide bonds. The van der Waals surface area contributed by atoms with Crippen LogP contribution in [0.25, 0.3) is 10.2 Å². The van der Waals surface area contributed by atoms with Crippen LogP contribution < -0.4 is 0 Å². The van der Waals surface area contributed by atoms with E-state index in [0.717, 1.165) is 10.5 Å². The van der Waals surface area contributed by atoms with Crippen molar-refractivity contribution >= 4 is 33.2 Å². The van der Waals surface area contributed by atoms with Crippen molar-refractivity contribution < 1.29 is 0 Å². The molecule has 2 aromatic heterocycles. The van der Waals surface area contributed by atoms with Crippen LogP contribution in [0.1, 0.15) is 10.4 Å². The van der Waals surface area contributed by atoms with Crippen molar-refractivity contribution in [3.05, 3.63) is 64.1 Å². The number of hydrogen-bond acceptors (Lipinski definition) is 2. The van der Waals surface area contributed by atoms with E-state index in [1.165, 1.54) is 15.1 Å². The number of halogens is 1. The molecular weight excluding hydrogens is 262 g/mol. The number of pyridine rings is 1. The zero-order chi connectivity index (χ0) is 13.0. The Hall–Kier alpha value is -1.38. The van der Waals surface area contributed by atoms with Crippen LogP contribution in [-0.4, -0.2) is 4.98 Å². The number of thiophene rings is 1. The third kappa shape index (κ3) is 3.56. The number of aromatic nitrogens is 1. The molecule has 1 nitrogen and oxygen atoms in total. The first-order valence-corrected chi connectivity index (χ1v) is 6.88. The molecule has 0 saturated carbocycles. The smallest absolute Gasteiger partial charge is 0.0812 e. The lowest BCUT2D eigenvalue weighted by Gasteiger charge is -1.88. The van der Waals surface area contributed by atoms with Gasteiger partial charge in [-0.05, 0) is 44.2 Å². The second-order valence-corrected chi connectivity index (χ2v) is 5.76. The average Bonchev–Trinajstić information content (AvgIpc) is 2.74. The summed E-state index contributed by atoms with van der Waals surface area (Å²) in [6, 6.07) is 13.9. The lowest BCUT2D eigenvalue weighted by atomic mass is 10.2. The van der Waals surface area contributed by atoms with E-state index in [4.69, 9.17) is 11.6 Å². The Bertz CT molecular complexity index is 574. The standard InChI is InChI=1S/C8H7NS.C7H7Cl/c1-6-5-7-8(10-6)3-2-4-9-7;1-6-2-4-7(8)5-3-6/h2-5H,1H3;2-5H,1H3. The van der Waals surface area contributed by atoms with Crippen molar-refractivity contribution in [2.45, 2.75) is 13.8 Å². The molecule has 0 fully saturated rings. The van der Waals surface area contributed by atoms with E-state index in [1.807, 2.05) is 43.5 Å². The molecule has 3 aromatic rings. The van der Waals surface area contributed by atoms with E-state index < -0.39 is 0 Å². The maximum Gasteiger partial charge on any atom is 0.0812 e. The van der Waals surface area contributed by atoms with Gasteiger partial charge in [-0.3, -0.25) is 4.98 Å². The number of hydrogen-bond donors (Lipinski definition) is 0. The average molecular weight is 276 g/mol. The van der Waals surface area contributed by atoms with Gasteiger partial charge < -0.3 is 0 Å². The van der Waals surface area contributed by atoms with Crippen LogP contribution in [-0.2, 0) is 0 Å². The van der Waals surface area contributed by atoms with Crippen molar-refractivity contribution in [3.63, 3.8) is 0 Å². The largest absolute Gasteiger partial charge is 0.255 e. The lowest BCUT2D eigenvalue weighted by molar-refractivity contribution is 1.42. The summed E-state index contributed by atoms with van der Waals surface area (Å²) >= 11 is 7.40. The highest BCUT2D eigenvalue weighted by atomic mass is 35.5. The summed E-state index contributed by atoms with van der Waals surface area (Å²) in [4.78, 5) is 5.54. The zero-order valence-electron chi connectivity index (χ0n) is 10.4. The Morgan fingerprint density at radius 3 is 2.39 bits per heavy atom. The van der Waals surface area contributed by atoms with Gasteiger partial charge in [0.05, 0.1) is 10.2 Å². The Balaban J connectivity index is 0.000000138. The number of fused-ring (bicyclic) bond motifs is 1. The summed E-state index contributed by atoms with van der Waals surface area (Å²) in [5.41, 5.74) is 2.36. The monoisotopic (exact) mass is 275 g/mol. The van der Waals surface area contributed by atoms with Gasteiger partial charge in [-0.2, -0.15) is 0 Å². The molecule has 0 unspecified atom stereocenters. The molecule has 18 heavy (non-hydrogen) atoms. The van der Waals surface area contributed by atoms with E-state index in [0.29, 0.717) is 0 Å². The second-order valence-electron chi connectivity index (χ2n) is 4.04. The fourth-order valence-electron chi connectivity index (χ4n) is 1.53. The molecule has 0 radical (unpaired) electrons. The summed E-state index contributed by atoms with van der Waals surface area (Å²) in [6.45, 7) is 4.14. The van der Waals surface area contributed by atoms with Crippen LogP contribution in [0, 0.1) is 13.8 Å². The fourth-order valence-corrected chi connectivity index (χ4v) is 2.53. The van der Waals surface area contributed by atoms with Gasteiger partial charge in [-0.1, -0.05) is 29.3 Å². The first kappa shape index (κ1) is 13.1. The number of nitrogens with zero attached hydrogens (tertiary/aromatic N) is 1. The molecular formula is C15H14ClNS. The van der Waals surface area contributed by atoms with Crippen LogP contribution >= 0.6 is 22.9 Å². The number of benzene rings is 1. The minimum Gasteiger partial charge on any atom is -0.255 e. The molecule has 0 saturated heterocycles. The van der Waals surface area contributed by atoms with E-state index >= 15 is 0 Å². The van der Waals surface area contributed by atoms with Gasteiger partial charge in [0.25, 0.3) is 0 Å². The van der Waals surface area contributed by atoms with E-state index in [-0.39, 0.29) is 0 Å². The lowest BCUT2D eigenvalue weighted by Crippen LogP contribution is -1.66. The van der Waals surface area contributed by atoms with Gasteiger partial charge in [0.2, 0.25) is 0 Å². The van der Waals surface area contributed by atoms with Crippen molar-refractivity contribution in [1.29, 1.82) is 0 Å². The summed E-state index contributed by atoms with van der Waals surface area (Å²) in [7, 11) is 0. The minimum absolute atomic E-state index is 0.801. The van der Waals surface area contributed by atoms with Gasteiger partial charge in [0.15, 0.2) is 0 Å². The summed E-state index contributed by atoms with van der Waals surface area (Å²) in [6.07, 6.45) is 1.83. The fraction of sp³-hybridized carbons (Fsp3) is 0.133. The third-order valence-corrected chi connectivity index (χ3v) is 3.68. The molecule has 2 heterocycles. The number of aryl methyl sites for hydroxylation is 2. The van der Waals surface area contributed by atoms with Gasteiger partial charge in [-0.15, -0.1) is 11.3 Å². The number of rotatable bonds is 0. The molecule has 92 valence electrons. The second kappa shape index (κ2) is 5.98. The SMILES string of the molecule is Cc1cc2ncccc2s1.Cc1ccc(Cl)cc1. The highest BCUT2D eigenvalue weighted by Crippen LogP contribution is 2.21. The molecule has 3 heteroatoms. The maximum atomic E-state index is 5.61. The molecule has 0 N–H and O–H groups in total. The highest BCUT2D eigenvalue weighted by Gasteiger charge is 1.95. The molecule has 0 aliphatic heterocycles. The van der Waals surface area contributed by atoms with E-state index in [9.17, 15) is 0 Å². The first-order chi connectivity index (χ1) is 8.65. The van der Waals surface area contributed by atoms with Gasteiger partial charge in [0, 0.05) is 16.1 Å². The van der Waals surface area contributed by atoms with Gasteiger partial charge in [0.1, 0.15) is 0 Å². The summed E-state index contributed by atoms with van der Waals surface area (Å²) in [5.74, 6) is 0. The van der Waals surface area contributed by atoms with E-state index in [1.54, 1.807) is 11.3 Å². The van der Waals surface area contributed by atoms with Crippen molar-refractivity contribution in [1.82, 2.24) is 4.98 Å². The van der Waals surface area contributed by atoms with Crippen LogP contribution in [0.15, 0.2) is 48.7 Å². The Morgan fingerprint density at radius 1 is 1.06 bits per heavy atom. The van der Waals surface area contributed by atoms with Crippen LogP contribution in [0.3, 0.4) is 0 Å². The predicted molar refractivity (Wildman–Crippen MR) is 80.5 cm³/mol. The summed E-state index contributed by atoms with van der Waals surface area (Å²) in [5, 5.41) is 0.801. The zero-order valence-corrected chi connectivity index (χ0v) is 11.9. The maximum absolute atomic E-state index is 5.61. The van der Waals surface area contributed by atoms with Crippen molar-refractivity contribution in [3.8, 4) is 0 Å². The van der Waals surface area contributed by atoms with Gasteiger partial charge >= 0.3 is 0 Å². The topological polar surface area (TPSA) is 12.9 Å². The molecule has 0 aliphatic rings. The Morgan fingerprint density at radius 2 is 1.78 bits per heavy atom. The Kier molecular flexibility index (Phi) is 4.34. The molecule has 0 aliphatic carbocycles. The normalized spacial score (nSPS) is 9.94. The molecule has 1 aromatic carbocycles. The molecule has 3 rings (SSSR count). The van der Waals surface area contributed by atoms with Crippen molar-refractivity contribution in [2.24, 2.45) is 0 Å². The van der Waals surface area contributed by atoms with Gasteiger partial charge in [-0.25, -0.2) is 0 Å². The quantitative estimate of drug-likeness (QED) is 0.546. The van der Waals surface area contributed by atoms with Crippen LogP contribution in [0.5, 0.6) is 0 Å². The molecule has 0 bridgehead atoms. The first-order valence-electron chi connectivity index (χ1n) is 5.68. The van der Waals surface area contributed by atoms with Crippen molar-refractivity contribution in [2.75, 3.05) is 0 Å². The van der Waals surface area contributed by atoms with E-state index in [2.05, 4.69) is 24.0 Å². The highest BCUT2D eigenvalue weighted by molar-refractivity contribution is 7.18. The predicted octanol–water partition coefficient (Wildman–Crippen LogP) is 5.25. The molecule has 0 atom stereocenters. The third-order valence-electron chi connectivity index (χ3n) is 2.42.